The van der Waals surface area contributed by atoms with Gasteiger partial charge in [-0.15, -0.1) is 0 Å². The maximum absolute atomic E-state index is 12.6. The van der Waals surface area contributed by atoms with Crippen LogP contribution in [0.25, 0.3) is 0 Å². The van der Waals surface area contributed by atoms with E-state index in [1.807, 2.05) is 48.2 Å². The Morgan fingerprint density at radius 1 is 1.47 bits per heavy atom. The predicted octanol–water partition coefficient (Wildman–Crippen LogP) is 3.00. The summed E-state index contributed by atoms with van der Waals surface area (Å²) in [5, 5.41) is 0.854. The van der Waals surface area contributed by atoms with Crippen LogP contribution in [-0.2, 0) is 0 Å². The fourth-order valence-corrected chi connectivity index (χ4v) is 3.57. The predicted molar refractivity (Wildman–Crippen MR) is 83.2 cm³/mol. The van der Waals surface area contributed by atoms with Gasteiger partial charge in [0.25, 0.3) is 5.91 Å². The molecule has 0 aliphatic carbocycles. The third kappa shape index (κ3) is 2.94. The maximum Gasteiger partial charge on any atom is 0.254 e. The highest BCUT2D eigenvalue weighted by Gasteiger charge is 2.33. The van der Waals surface area contributed by atoms with Crippen molar-refractivity contribution in [3.05, 3.63) is 29.8 Å². The molecule has 0 bridgehead atoms. The van der Waals surface area contributed by atoms with Crippen molar-refractivity contribution < 1.29 is 4.79 Å². The van der Waals surface area contributed by atoms with Gasteiger partial charge in [0.15, 0.2) is 0 Å². The Bertz CT molecular complexity index is 461. The summed E-state index contributed by atoms with van der Waals surface area (Å²) in [6.45, 7) is 3.08. The lowest BCUT2D eigenvalue weighted by Crippen LogP contribution is -2.38. The van der Waals surface area contributed by atoms with E-state index in [1.54, 1.807) is 0 Å². The van der Waals surface area contributed by atoms with E-state index in [0.717, 1.165) is 29.5 Å². The van der Waals surface area contributed by atoms with Crippen molar-refractivity contribution in [2.45, 2.75) is 19.4 Å². The monoisotopic (exact) mass is 324 g/mol. The lowest BCUT2D eigenvalue weighted by molar-refractivity contribution is 0.0738. The average molecular weight is 325 g/mol. The number of carbonyl (C=O) groups excluding carboxylic acids is 1. The van der Waals surface area contributed by atoms with E-state index in [0.29, 0.717) is 12.0 Å². The topological polar surface area (TPSA) is 23.6 Å². The van der Waals surface area contributed by atoms with E-state index in [2.05, 4.69) is 22.9 Å². The van der Waals surface area contributed by atoms with Gasteiger partial charge in [-0.25, -0.2) is 0 Å². The van der Waals surface area contributed by atoms with Crippen molar-refractivity contribution >= 4 is 27.5 Å². The molecule has 4 heteroatoms. The van der Waals surface area contributed by atoms with Crippen LogP contribution >= 0.6 is 15.9 Å². The number of benzene rings is 1. The van der Waals surface area contributed by atoms with Gasteiger partial charge in [-0.1, -0.05) is 28.9 Å². The minimum absolute atomic E-state index is 0.150. The summed E-state index contributed by atoms with van der Waals surface area (Å²) in [4.78, 5) is 16.7. The molecule has 1 aromatic rings. The fourth-order valence-electron chi connectivity index (χ4n) is 2.58. The summed E-state index contributed by atoms with van der Waals surface area (Å²) in [7, 11) is 3.98. The van der Waals surface area contributed by atoms with Gasteiger partial charge in [0.05, 0.1) is 0 Å². The molecule has 0 N–H and O–H groups in total. The molecule has 0 aromatic heterocycles. The molecule has 2 rings (SSSR count). The third-order valence-corrected chi connectivity index (χ3v) is 4.57. The Hall–Kier alpha value is -1.03. The minimum Gasteiger partial charge on any atom is -0.378 e. The number of likely N-dealkylation sites (tertiary alicyclic amines) is 1. The van der Waals surface area contributed by atoms with E-state index in [1.165, 1.54) is 0 Å². The summed E-state index contributed by atoms with van der Waals surface area (Å²) >= 11 is 3.53. The van der Waals surface area contributed by atoms with Crippen molar-refractivity contribution in [3.63, 3.8) is 0 Å². The summed E-state index contributed by atoms with van der Waals surface area (Å²) < 4.78 is 0. The molecule has 1 aliphatic heterocycles. The third-order valence-electron chi connectivity index (χ3n) is 3.91. The summed E-state index contributed by atoms with van der Waals surface area (Å²) in [6.07, 6.45) is 1.09. The summed E-state index contributed by atoms with van der Waals surface area (Å²) in [5.74, 6) is 0.720. The SMILES string of the molecule is CC1CCN(C(=O)c2cccc(N(C)C)c2)C1CBr. The standard InChI is InChI=1S/C15H21BrN2O/c1-11-7-8-18(14(11)10-16)15(19)12-5-4-6-13(9-12)17(2)3/h4-6,9,11,14H,7-8,10H2,1-3H3. The number of halogens is 1. The van der Waals surface area contributed by atoms with Crippen LogP contribution < -0.4 is 4.90 Å². The Morgan fingerprint density at radius 2 is 2.21 bits per heavy atom. The molecule has 1 heterocycles. The molecule has 104 valence electrons. The van der Waals surface area contributed by atoms with Crippen molar-refractivity contribution in [3.8, 4) is 0 Å². The fraction of sp³-hybridized carbons (Fsp3) is 0.533. The zero-order valence-electron chi connectivity index (χ0n) is 11.8. The Balaban J connectivity index is 2.22. The molecular formula is C15H21BrN2O. The van der Waals surface area contributed by atoms with E-state index >= 15 is 0 Å². The Kier molecular flexibility index (Phi) is 4.50. The smallest absolute Gasteiger partial charge is 0.254 e. The molecule has 3 nitrogen and oxygen atoms in total. The van der Waals surface area contributed by atoms with E-state index in [-0.39, 0.29) is 5.91 Å². The lowest BCUT2D eigenvalue weighted by Gasteiger charge is -2.25. The molecule has 0 spiro atoms. The van der Waals surface area contributed by atoms with Gasteiger partial charge < -0.3 is 9.80 Å². The highest BCUT2D eigenvalue weighted by Crippen LogP contribution is 2.27. The number of anilines is 1. The van der Waals surface area contributed by atoms with E-state index in [9.17, 15) is 4.79 Å². The Morgan fingerprint density at radius 3 is 2.84 bits per heavy atom. The lowest BCUT2D eigenvalue weighted by atomic mass is 10.0. The highest BCUT2D eigenvalue weighted by atomic mass is 79.9. The first kappa shape index (κ1) is 14.4. The normalized spacial score (nSPS) is 22.6. The van der Waals surface area contributed by atoms with Crippen LogP contribution in [0.4, 0.5) is 5.69 Å². The quantitative estimate of drug-likeness (QED) is 0.798. The van der Waals surface area contributed by atoms with E-state index < -0.39 is 0 Å². The van der Waals surface area contributed by atoms with Gasteiger partial charge in [-0.05, 0) is 30.5 Å². The first-order valence-corrected chi connectivity index (χ1v) is 7.81. The van der Waals surface area contributed by atoms with Crippen LogP contribution in [0.3, 0.4) is 0 Å². The number of rotatable bonds is 3. The number of hydrogen-bond donors (Lipinski definition) is 0. The number of hydrogen-bond acceptors (Lipinski definition) is 2. The van der Waals surface area contributed by atoms with Crippen molar-refractivity contribution in [1.29, 1.82) is 0 Å². The number of alkyl halides is 1. The second-order valence-electron chi connectivity index (χ2n) is 5.43. The van der Waals surface area contributed by atoms with E-state index in [4.69, 9.17) is 0 Å². The second-order valence-corrected chi connectivity index (χ2v) is 6.08. The molecule has 1 amide bonds. The first-order valence-electron chi connectivity index (χ1n) is 6.69. The average Bonchev–Trinajstić information content (AvgIpc) is 2.79. The zero-order valence-corrected chi connectivity index (χ0v) is 13.4. The van der Waals surface area contributed by atoms with Crippen LogP contribution in [0.5, 0.6) is 0 Å². The van der Waals surface area contributed by atoms with Crippen LogP contribution in [0.15, 0.2) is 24.3 Å². The molecule has 0 radical (unpaired) electrons. The number of carbonyl (C=O) groups is 1. The van der Waals surface area contributed by atoms with Gasteiger partial charge in [-0.3, -0.25) is 4.79 Å². The Labute approximate surface area is 123 Å². The molecule has 19 heavy (non-hydrogen) atoms. The largest absolute Gasteiger partial charge is 0.378 e. The van der Waals surface area contributed by atoms with Crippen molar-refractivity contribution in [2.24, 2.45) is 5.92 Å². The van der Waals surface area contributed by atoms with Crippen molar-refractivity contribution in [1.82, 2.24) is 4.90 Å². The molecule has 2 atom stereocenters. The maximum atomic E-state index is 12.6. The summed E-state index contributed by atoms with van der Waals surface area (Å²) in [6, 6.07) is 8.16. The van der Waals surface area contributed by atoms with Crippen molar-refractivity contribution in [2.75, 3.05) is 30.9 Å². The number of amides is 1. The van der Waals surface area contributed by atoms with Gasteiger partial charge in [0.1, 0.15) is 0 Å². The van der Waals surface area contributed by atoms with Crippen LogP contribution in [0.1, 0.15) is 23.7 Å². The van der Waals surface area contributed by atoms with Gasteiger partial charge >= 0.3 is 0 Å². The minimum atomic E-state index is 0.150. The van der Waals surface area contributed by atoms with Crippen LogP contribution in [-0.4, -0.2) is 42.8 Å². The first-order chi connectivity index (χ1) is 9.04. The molecule has 0 saturated carbocycles. The number of nitrogens with zero attached hydrogens (tertiary/aromatic N) is 2. The van der Waals surface area contributed by atoms with Crippen LogP contribution in [0.2, 0.25) is 0 Å². The molecule has 1 saturated heterocycles. The molecular weight excluding hydrogens is 304 g/mol. The second kappa shape index (κ2) is 5.95. The summed E-state index contributed by atoms with van der Waals surface area (Å²) in [5.41, 5.74) is 1.85. The van der Waals surface area contributed by atoms with Crippen LogP contribution in [0, 0.1) is 5.92 Å². The molecule has 1 fully saturated rings. The molecule has 2 unspecified atom stereocenters. The van der Waals surface area contributed by atoms with Gasteiger partial charge in [0.2, 0.25) is 0 Å². The molecule has 1 aromatic carbocycles. The van der Waals surface area contributed by atoms with Gasteiger partial charge in [0, 0.05) is 43.3 Å². The van der Waals surface area contributed by atoms with Gasteiger partial charge in [-0.2, -0.15) is 0 Å². The molecule has 1 aliphatic rings. The highest BCUT2D eigenvalue weighted by molar-refractivity contribution is 9.09. The zero-order chi connectivity index (χ0) is 14.0.